The lowest BCUT2D eigenvalue weighted by Gasteiger charge is -2.11. The van der Waals surface area contributed by atoms with Crippen LogP contribution in [0.2, 0.25) is 0 Å². The van der Waals surface area contributed by atoms with Gasteiger partial charge in [0.2, 0.25) is 5.88 Å². The molecule has 0 saturated heterocycles. The van der Waals surface area contributed by atoms with Crippen LogP contribution in [0.25, 0.3) is 6.08 Å². The van der Waals surface area contributed by atoms with Gasteiger partial charge in [0.1, 0.15) is 18.8 Å². The van der Waals surface area contributed by atoms with E-state index >= 15 is 0 Å². The first kappa shape index (κ1) is 15.0. The first-order valence-corrected chi connectivity index (χ1v) is 7.00. The number of ether oxygens (including phenoxy) is 1. The molecule has 0 unspecified atom stereocenters. The zero-order valence-electron chi connectivity index (χ0n) is 12.1. The van der Waals surface area contributed by atoms with Crippen molar-refractivity contribution in [2.24, 2.45) is 5.84 Å². The first-order valence-electron chi connectivity index (χ1n) is 7.00. The average molecular weight is 284 g/mol. The molecule has 0 fully saturated rings. The number of nitrogen functional groups attached to an aromatic ring is 1. The van der Waals surface area contributed by atoms with Crippen molar-refractivity contribution < 1.29 is 4.74 Å². The van der Waals surface area contributed by atoms with E-state index in [2.05, 4.69) is 22.3 Å². The van der Waals surface area contributed by atoms with Crippen LogP contribution in [0.5, 0.6) is 5.88 Å². The van der Waals surface area contributed by atoms with Crippen molar-refractivity contribution in [1.29, 1.82) is 0 Å². The van der Waals surface area contributed by atoms with E-state index in [1.165, 1.54) is 6.33 Å². The normalized spacial score (nSPS) is 10.8. The number of nitrogens with zero attached hydrogens (tertiary/aromatic N) is 2. The molecular formula is C16H20N4O. The molecule has 1 aromatic heterocycles. The molecule has 0 radical (unpaired) electrons. The van der Waals surface area contributed by atoms with Crippen molar-refractivity contribution in [3.8, 4) is 5.88 Å². The molecule has 5 heteroatoms. The maximum Gasteiger partial charge on any atom is 0.222 e. The molecule has 0 aliphatic carbocycles. The molecule has 21 heavy (non-hydrogen) atoms. The Morgan fingerprint density at radius 3 is 2.76 bits per heavy atom. The van der Waals surface area contributed by atoms with Gasteiger partial charge in [0.15, 0.2) is 0 Å². The molecule has 110 valence electrons. The minimum atomic E-state index is 0.451. The summed E-state index contributed by atoms with van der Waals surface area (Å²) in [7, 11) is 0. The van der Waals surface area contributed by atoms with Crippen LogP contribution in [0.1, 0.15) is 24.5 Å². The second-order valence-electron chi connectivity index (χ2n) is 4.52. The molecule has 0 aliphatic heterocycles. The van der Waals surface area contributed by atoms with Crippen molar-refractivity contribution >= 4 is 11.9 Å². The molecule has 0 spiro atoms. The Bertz CT molecular complexity index is 584. The lowest BCUT2D eigenvalue weighted by Crippen LogP contribution is -2.13. The highest BCUT2D eigenvalue weighted by molar-refractivity contribution is 5.49. The lowest BCUT2D eigenvalue weighted by atomic mass is 10.2. The van der Waals surface area contributed by atoms with E-state index in [-0.39, 0.29) is 0 Å². The number of anilines is 1. The second-order valence-corrected chi connectivity index (χ2v) is 4.52. The minimum Gasteiger partial charge on any atom is -0.473 e. The molecule has 5 nitrogen and oxygen atoms in total. The molecule has 3 N–H and O–H groups in total. The van der Waals surface area contributed by atoms with Gasteiger partial charge in [-0.3, -0.25) is 0 Å². The van der Waals surface area contributed by atoms with Gasteiger partial charge < -0.3 is 10.2 Å². The third-order valence-electron chi connectivity index (χ3n) is 2.97. The van der Waals surface area contributed by atoms with Gasteiger partial charge in [0, 0.05) is 0 Å². The third-order valence-corrected chi connectivity index (χ3v) is 2.97. The maximum atomic E-state index is 5.72. The number of nitrogens with two attached hydrogens (primary N) is 1. The van der Waals surface area contributed by atoms with E-state index in [1.807, 2.05) is 42.5 Å². The fourth-order valence-corrected chi connectivity index (χ4v) is 2.00. The molecular weight excluding hydrogens is 264 g/mol. The predicted molar refractivity (Wildman–Crippen MR) is 84.8 cm³/mol. The standard InChI is InChI=1S/C16H20N4O/c1-2-7-14-15(20-17)18-12-19-16(14)21-11-6-10-13-8-4-3-5-9-13/h3-6,8-10,12H,2,7,11,17H2,1H3,(H,18,19,20)/b10-6+. The fraction of sp³-hybridized carbons (Fsp3) is 0.250. The number of hydrazine groups is 1. The molecule has 2 rings (SSSR count). The average Bonchev–Trinajstić information content (AvgIpc) is 2.54. The number of benzene rings is 1. The van der Waals surface area contributed by atoms with E-state index in [0.717, 1.165) is 24.0 Å². The van der Waals surface area contributed by atoms with Crippen molar-refractivity contribution in [3.05, 3.63) is 53.9 Å². The van der Waals surface area contributed by atoms with Crippen molar-refractivity contribution in [2.45, 2.75) is 19.8 Å². The zero-order chi connectivity index (χ0) is 14.9. The summed E-state index contributed by atoms with van der Waals surface area (Å²) in [6, 6.07) is 10.1. The highest BCUT2D eigenvalue weighted by Gasteiger charge is 2.10. The maximum absolute atomic E-state index is 5.72. The van der Waals surface area contributed by atoms with Gasteiger partial charge in [-0.1, -0.05) is 49.8 Å². The number of aromatic nitrogens is 2. The Hall–Kier alpha value is -2.40. The largest absolute Gasteiger partial charge is 0.473 e. The number of hydrogen-bond acceptors (Lipinski definition) is 5. The molecule has 0 amide bonds. The van der Waals surface area contributed by atoms with Crippen LogP contribution in [0, 0.1) is 0 Å². The van der Waals surface area contributed by atoms with Crippen LogP contribution in [0.15, 0.2) is 42.7 Å². The fourth-order valence-electron chi connectivity index (χ4n) is 2.00. The summed E-state index contributed by atoms with van der Waals surface area (Å²) in [5.41, 5.74) is 4.64. The molecule has 0 aliphatic rings. The predicted octanol–water partition coefficient (Wildman–Crippen LogP) is 2.81. The van der Waals surface area contributed by atoms with Gasteiger partial charge in [-0.25, -0.2) is 15.8 Å². The van der Waals surface area contributed by atoms with E-state index in [0.29, 0.717) is 18.3 Å². The summed E-state index contributed by atoms with van der Waals surface area (Å²) in [4.78, 5) is 8.29. The van der Waals surface area contributed by atoms with Crippen molar-refractivity contribution in [2.75, 3.05) is 12.0 Å². The number of nitrogens with one attached hydrogen (secondary N) is 1. The van der Waals surface area contributed by atoms with E-state index in [4.69, 9.17) is 10.6 Å². The third kappa shape index (κ3) is 4.29. The van der Waals surface area contributed by atoms with Gasteiger partial charge >= 0.3 is 0 Å². The topological polar surface area (TPSA) is 73.1 Å². The summed E-state index contributed by atoms with van der Waals surface area (Å²) >= 11 is 0. The highest BCUT2D eigenvalue weighted by Crippen LogP contribution is 2.22. The van der Waals surface area contributed by atoms with Gasteiger partial charge in [-0.05, 0) is 18.1 Å². The summed E-state index contributed by atoms with van der Waals surface area (Å²) in [5, 5.41) is 0. The highest BCUT2D eigenvalue weighted by atomic mass is 16.5. The molecule has 0 atom stereocenters. The number of hydrogen-bond donors (Lipinski definition) is 2. The molecule has 0 bridgehead atoms. The SMILES string of the molecule is CCCc1c(NN)ncnc1OC/C=C/c1ccccc1. The van der Waals surface area contributed by atoms with E-state index in [1.54, 1.807) is 0 Å². The number of rotatable bonds is 7. The quantitative estimate of drug-likeness (QED) is 0.604. The monoisotopic (exact) mass is 284 g/mol. The van der Waals surface area contributed by atoms with Gasteiger partial charge in [0.25, 0.3) is 0 Å². The zero-order valence-corrected chi connectivity index (χ0v) is 12.1. The minimum absolute atomic E-state index is 0.451. The van der Waals surface area contributed by atoms with E-state index in [9.17, 15) is 0 Å². The van der Waals surface area contributed by atoms with Crippen LogP contribution < -0.4 is 16.0 Å². The van der Waals surface area contributed by atoms with Crippen LogP contribution in [-0.2, 0) is 6.42 Å². The van der Waals surface area contributed by atoms with Crippen molar-refractivity contribution in [3.63, 3.8) is 0 Å². The summed E-state index contributed by atoms with van der Waals surface area (Å²) in [6.45, 7) is 2.54. The summed E-state index contributed by atoms with van der Waals surface area (Å²) in [6.07, 6.45) is 7.21. The van der Waals surface area contributed by atoms with Crippen LogP contribution in [0.4, 0.5) is 5.82 Å². The Morgan fingerprint density at radius 1 is 1.24 bits per heavy atom. The summed E-state index contributed by atoms with van der Waals surface area (Å²) < 4.78 is 5.72. The Morgan fingerprint density at radius 2 is 2.05 bits per heavy atom. The smallest absolute Gasteiger partial charge is 0.222 e. The lowest BCUT2D eigenvalue weighted by molar-refractivity contribution is 0.344. The molecule has 1 heterocycles. The van der Waals surface area contributed by atoms with Crippen LogP contribution in [-0.4, -0.2) is 16.6 Å². The van der Waals surface area contributed by atoms with Gasteiger partial charge in [0.05, 0.1) is 5.56 Å². The van der Waals surface area contributed by atoms with Crippen LogP contribution >= 0.6 is 0 Å². The van der Waals surface area contributed by atoms with Gasteiger partial charge in [-0.15, -0.1) is 0 Å². The van der Waals surface area contributed by atoms with Gasteiger partial charge in [-0.2, -0.15) is 0 Å². The second kappa shape index (κ2) is 8.01. The molecule has 2 aromatic rings. The van der Waals surface area contributed by atoms with E-state index < -0.39 is 0 Å². The molecule has 0 saturated carbocycles. The Labute approximate surface area is 124 Å². The molecule has 1 aromatic carbocycles. The first-order chi connectivity index (χ1) is 10.3. The van der Waals surface area contributed by atoms with Crippen molar-refractivity contribution in [1.82, 2.24) is 9.97 Å². The Balaban J connectivity index is 2.01. The van der Waals surface area contributed by atoms with Crippen LogP contribution in [0.3, 0.4) is 0 Å². The Kier molecular flexibility index (Phi) is 5.72. The summed E-state index contributed by atoms with van der Waals surface area (Å²) in [5.74, 6) is 6.67.